The smallest absolute Gasteiger partial charge is 0.337 e. The second kappa shape index (κ2) is 8.11. The Morgan fingerprint density at radius 1 is 1.08 bits per heavy atom. The van der Waals surface area contributed by atoms with E-state index in [1.807, 2.05) is 22.6 Å². The standard InChI is InChI=1S/C15H9Cl2IN2O3S/c16-7-1-3-9(11(17)5-7)13(21)20-15(24)19-12-4-2-8(18)6-10(12)14(22)23/h1-6H,(H,22,23)(H2,19,20,21,24). The minimum absolute atomic E-state index is 0.0445. The van der Waals surface area contributed by atoms with Gasteiger partial charge in [-0.2, -0.15) is 0 Å². The summed E-state index contributed by atoms with van der Waals surface area (Å²) in [6.45, 7) is 0. The van der Waals surface area contributed by atoms with Gasteiger partial charge in [0.1, 0.15) is 0 Å². The van der Waals surface area contributed by atoms with Gasteiger partial charge in [-0.05, 0) is 71.2 Å². The molecule has 0 heterocycles. The normalized spacial score (nSPS) is 10.1. The summed E-state index contributed by atoms with van der Waals surface area (Å²) in [6.07, 6.45) is 0. The number of carbonyl (C=O) groups excluding carboxylic acids is 1. The lowest BCUT2D eigenvalue weighted by atomic mass is 10.2. The number of anilines is 1. The molecule has 0 aliphatic rings. The average Bonchev–Trinajstić information content (AvgIpc) is 2.48. The van der Waals surface area contributed by atoms with Gasteiger partial charge in [0.05, 0.1) is 21.8 Å². The Hall–Kier alpha value is -1.42. The zero-order chi connectivity index (χ0) is 17.9. The van der Waals surface area contributed by atoms with Crippen molar-refractivity contribution in [2.75, 3.05) is 5.32 Å². The van der Waals surface area contributed by atoms with Crippen molar-refractivity contribution in [3.05, 3.63) is 61.1 Å². The first-order chi connectivity index (χ1) is 11.3. The van der Waals surface area contributed by atoms with Crippen molar-refractivity contribution < 1.29 is 14.7 Å². The highest BCUT2D eigenvalue weighted by Gasteiger charge is 2.15. The van der Waals surface area contributed by atoms with E-state index in [4.69, 9.17) is 35.4 Å². The van der Waals surface area contributed by atoms with Crippen LogP contribution in [-0.4, -0.2) is 22.1 Å². The summed E-state index contributed by atoms with van der Waals surface area (Å²) in [7, 11) is 0. The van der Waals surface area contributed by atoms with E-state index in [1.165, 1.54) is 24.3 Å². The van der Waals surface area contributed by atoms with Crippen LogP contribution >= 0.6 is 58.0 Å². The molecular formula is C15H9Cl2IN2O3S. The molecular weight excluding hydrogens is 486 g/mol. The number of carbonyl (C=O) groups is 2. The molecule has 124 valence electrons. The highest BCUT2D eigenvalue weighted by atomic mass is 127. The second-order valence-corrected chi connectivity index (χ2v) is 7.02. The van der Waals surface area contributed by atoms with Gasteiger partial charge < -0.3 is 10.4 Å². The second-order valence-electron chi connectivity index (χ2n) is 4.53. The van der Waals surface area contributed by atoms with Gasteiger partial charge in [-0.25, -0.2) is 4.79 Å². The number of nitrogens with one attached hydrogen (secondary N) is 2. The number of amides is 1. The number of hydrogen-bond acceptors (Lipinski definition) is 3. The summed E-state index contributed by atoms with van der Waals surface area (Å²) in [6, 6.07) is 9.22. The summed E-state index contributed by atoms with van der Waals surface area (Å²) in [4.78, 5) is 23.4. The molecule has 0 radical (unpaired) electrons. The third-order valence-electron chi connectivity index (χ3n) is 2.86. The molecule has 0 spiro atoms. The summed E-state index contributed by atoms with van der Waals surface area (Å²) in [5.41, 5.74) is 0.518. The number of thiocarbonyl (C=S) groups is 1. The van der Waals surface area contributed by atoms with Gasteiger partial charge >= 0.3 is 5.97 Å². The Bertz CT molecular complexity index is 845. The van der Waals surface area contributed by atoms with E-state index in [0.29, 0.717) is 5.02 Å². The van der Waals surface area contributed by atoms with Crippen molar-refractivity contribution in [3.8, 4) is 0 Å². The number of carboxylic acids is 1. The zero-order valence-corrected chi connectivity index (χ0v) is 16.3. The van der Waals surface area contributed by atoms with Crippen molar-refractivity contribution in [1.82, 2.24) is 5.32 Å². The largest absolute Gasteiger partial charge is 0.478 e. The maximum atomic E-state index is 12.2. The van der Waals surface area contributed by atoms with Crippen LogP contribution in [0.4, 0.5) is 5.69 Å². The molecule has 0 bridgehead atoms. The summed E-state index contributed by atoms with van der Waals surface area (Å²) in [5.74, 6) is -1.64. The topological polar surface area (TPSA) is 78.4 Å². The number of aromatic carboxylic acids is 1. The van der Waals surface area contributed by atoms with Crippen molar-refractivity contribution in [2.24, 2.45) is 0 Å². The first kappa shape index (κ1) is 18.9. The Balaban J connectivity index is 2.14. The van der Waals surface area contributed by atoms with Gasteiger partial charge in [0.2, 0.25) is 0 Å². The molecule has 0 saturated carbocycles. The Morgan fingerprint density at radius 3 is 2.42 bits per heavy atom. The molecule has 9 heteroatoms. The van der Waals surface area contributed by atoms with Gasteiger partial charge in [0.25, 0.3) is 5.91 Å². The van der Waals surface area contributed by atoms with Crippen molar-refractivity contribution in [3.63, 3.8) is 0 Å². The molecule has 0 aliphatic heterocycles. The van der Waals surface area contributed by atoms with Gasteiger partial charge in [0, 0.05) is 8.59 Å². The monoisotopic (exact) mass is 494 g/mol. The number of halogens is 3. The zero-order valence-electron chi connectivity index (χ0n) is 11.8. The Labute approximate surface area is 166 Å². The van der Waals surface area contributed by atoms with E-state index in [9.17, 15) is 14.7 Å². The maximum absolute atomic E-state index is 12.2. The van der Waals surface area contributed by atoms with Crippen LogP contribution in [0.3, 0.4) is 0 Å². The van der Waals surface area contributed by atoms with Crippen LogP contribution in [0.5, 0.6) is 0 Å². The van der Waals surface area contributed by atoms with Crippen LogP contribution in [0.1, 0.15) is 20.7 Å². The van der Waals surface area contributed by atoms with Crippen LogP contribution in [0.25, 0.3) is 0 Å². The van der Waals surface area contributed by atoms with Crippen LogP contribution in [0.2, 0.25) is 10.0 Å². The van der Waals surface area contributed by atoms with Crippen molar-refractivity contribution >= 4 is 80.7 Å². The van der Waals surface area contributed by atoms with Gasteiger partial charge in [-0.15, -0.1) is 0 Å². The summed E-state index contributed by atoms with van der Waals surface area (Å²) in [5, 5.41) is 14.9. The fourth-order valence-electron chi connectivity index (χ4n) is 1.80. The van der Waals surface area contributed by atoms with Gasteiger partial charge in [-0.3, -0.25) is 10.1 Å². The molecule has 0 fully saturated rings. The van der Waals surface area contributed by atoms with E-state index in [1.54, 1.807) is 12.1 Å². The van der Waals surface area contributed by atoms with Crippen LogP contribution in [0.15, 0.2) is 36.4 Å². The van der Waals surface area contributed by atoms with Crippen LogP contribution in [0, 0.1) is 3.57 Å². The molecule has 1 amide bonds. The van der Waals surface area contributed by atoms with E-state index in [-0.39, 0.29) is 26.9 Å². The lowest BCUT2D eigenvalue weighted by Gasteiger charge is -2.12. The molecule has 0 aromatic heterocycles. The minimum atomic E-state index is -1.11. The van der Waals surface area contributed by atoms with E-state index >= 15 is 0 Å². The van der Waals surface area contributed by atoms with Crippen molar-refractivity contribution in [2.45, 2.75) is 0 Å². The molecule has 0 unspecified atom stereocenters. The third-order valence-corrected chi connectivity index (χ3v) is 4.29. The highest BCUT2D eigenvalue weighted by molar-refractivity contribution is 14.1. The third kappa shape index (κ3) is 4.79. The molecule has 5 nitrogen and oxygen atoms in total. The fraction of sp³-hybridized carbons (Fsp3) is 0. The summed E-state index contributed by atoms with van der Waals surface area (Å²) >= 11 is 18.8. The lowest BCUT2D eigenvalue weighted by molar-refractivity contribution is 0.0697. The predicted molar refractivity (Wildman–Crippen MR) is 106 cm³/mol. The van der Waals surface area contributed by atoms with E-state index in [2.05, 4.69) is 10.6 Å². The summed E-state index contributed by atoms with van der Waals surface area (Å²) < 4.78 is 0.762. The minimum Gasteiger partial charge on any atom is -0.478 e. The predicted octanol–water partition coefficient (Wildman–Crippen LogP) is 4.42. The first-order valence-corrected chi connectivity index (χ1v) is 8.62. The molecule has 0 saturated heterocycles. The number of carboxylic acid groups (broad SMARTS) is 1. The van der Waals surface area contributed by atoms with E-state index < -0.39 is 11.9 Å². The Morgan fingerprint density at radius 2 is 1.79 bits per heavy atom. The average molecular weight is 495 g/mol. The SMILES string of the molecule is O=C(NC(=S)Nc1ccc(I)cc1C(=O)O)c1ccc(Cl)cc1Cl. The maximum Gasteiger partial charge on any atom is 0.337 e. The number of hydrogen-bond donors (Lipinski definition) is 3. The van der Waals surface area contributed by atoms with Gasteiger partial charge in [-0.1, -0.05) is 23.2 Å². The molecule has 0 aliphatic carbocycles. The number of benzene rings is 2. The molecule has 2 rings (SSSR count). The quantitative estimate of drug-likeness (QED) is 0.434. The molecule has 2 aromatic carbocycles. The highest BCUT2D eigenvalue weighted by Crippen LogP contribution is 2.21. The van der Waals surface area contributed by atoms with Crippen molar-refractivity contribution in [1.29, 1.82) is 0 Å². The molecule has 2 aromatic rings. The van der Waals surface area contributed by atoms with Crippen LogP contribution in [-0.2, 0) is 0 Å². The van der Waals surface area contributed by atoms with E-state index in [0.717, 1.165) is 3.57 Å². The first-order valence-electron chi connectivity index (χ1n) is 6.38. The molecule has 3 N–H and O–H groups in total. The molecule has 24 heavy (non-hydrogen) atoms. The lowest BCUT2D eigenvalue weighted by Crippen LogP contribution is -2.34. The van der Waals surface area contributed by atoms with Crippen LogP contribution < -0.4 is 10.6 Å². The Kier molecular flexibility index (Phi) is 6.39. The number of rotatable bonds is 3. The molecule has 0 atom stereocenters. The fourth-order valence-corrected chi connectivity index (χ4v) is 2.99. The van der Waals surface area contributed by atoms with Gasteiger partial charge in [0.15, 0.2) is 5.11 Å².